The largest absolute Gasteiger partial charge is 0.304 e. The molecule has 0 spiro atoms. The monoisotopic (exact) mass is 292 g/mol. The molecule has 1 N–H and O–H groups in total. The van der Waals surface area contributed by atoms with E-state index >= 15 is 0 Å². The summed E-state index contributed by atoms with van der Waals surface area (Å²) < 4.78 is 2.03. The summed E-state index contributed by atoms with van der Waals surface area (Å²) in [6.07, 6.45) is 4.09. The molecular weight excluding hydrogens is 268 g/mol. The first-order valence-electron chi connectivity index (χ1n) is 7.36. The topological polar surface area (TPSA) is 42.7 Å². The fourth-order valence-corrected chi connectivity index (χ4v) is 3.39. The highest BCUT2D eigenvalue weighted by Crippen LogP contribution is 2.30. The molecule has 20 heavy (non-hydrogen) atoms. The summed E-state index contributed by atoms with van der Waals surface area (Å²) in [4.78, 5) is 2.74. The van der Waals surface area contributed by atoms with Crippen molar-refractivity contribution in [2.24, 2.45) is 0 Å². The van der Waals surface area contributed by atoms with Gasteiger partial charge in [-0.25, -0.2) is 4.68 Å². The molecule has 4 nitrogen and oxygen atoms in total. The van der Waals surface area contributed by atoms with Crippen molar-refractivity contribution in [1.82, 2.24) is 20.3 Å². The number of aryl methyl sites for hydroxylation is 3. The van der Waals surface area contributed by atoms with Crippen LogP contribution in [0.15, 0.2) is 12.3 Å². The molecule has 0 aromatic carbocycles. The van der Waals surface area contributed by atoms with E-state index in [4.69, 9.17) is 0 Å². The normalized spacial score (nSPS) is 12.8. The lowest BCUT2D eigenvalue weighted by atomic mass is 10.1. The summed E-state index contributed by atoms with van der Waals surface area (Å²) in [5, 5.41) is 12.0. The molecule has 0 amide bonds. The highest BCUT2D eigenvalue weighted by atomic mass is 32.1. The molecule has 0 radical (unpaired) electrons. The smallest absolute Gasteiger partial charge is 0.0858 e. The minimum absolute atomic E-state index is 0.203. The Balaban J connectivity index is 2.33. The van der Waals surface area contributed by atoms with Crippen LogP contribution in [-0.4, -0.2) is 21.5 Å². The van der Waals surface area contributed by atoms with E-state index in [1.165, 1.54) is 21.0 Å². The third-order valence-corrected chi connectivity index (χ3v) is 4.66. The Morgan fingerprint density at radius 1 is 1.30 bits per heavy atom. The van der Waals surface area contributed by atoms with Gasteiger partial charge in [-0.05, 0) is 44.9 Å². The fourth-order valence-electron chi connectivity index (χ4n) is 2.26. The lowest BCUT2D eigenvalue weighted by Gasteiger charge is -2.18. The maximum absolute atomic E-state index is 4.22. The van der Waals surface area contributed by atoms with Crippen LogP contribution in [-0.2, 0) is 6.54 Å². The predicted octanol–water partition coefficient (Wildman–Crippen LogP) is 3.46. The van der Waals surface area contributed by atoms with Gasteiger partial charge in [0.2, 0.25) is 0 Å². The van der Waals surface area contributed by atoms with E-state index in [-0.39, 0.29) is 6.04 Å². The zero-order chi connectivity index (χ0) is 14.5. The van der Waals surface area contributed by atoms with Gasteiger partial charge in [-0.3, -0.25) is 0 Å². The van der Waals surface area contributed by atoms with E-state index in [0.29, 0.717) is 0 Å². The van der Waals surface area contributed by atoms with E-state index in [0.717, 1.165) is 25.9 Å². The highest BCUT2D eigenvalue weighted by molar-refractivity contribution is 7.12. The van der Waals surface area contributed by atoms with Gasteiger partial charge in [-0.15, -0.1) is 16.4 Å². The summed E-state index contributed by atoms with van der Waals surface area (Å²) in [5.74, 6) is 0. The summed E-state index contributed by atoms with van der Waals surface area (Å²) in [6.45, 7) is 10.6. The Bertz CT molecular complexity index is 524. The van der Waals surface area contributed by atoms with Gasteiger partial charge in [0.25, 0.3) is 0 Å². The van der Waals surface area contributed by atoms with Gasteiger partial charge in [0.05, 0.1) is 17.9 Å². The van der Waals surface area contributed by atoms with Crippen molar-refractivity contribution in [3.8, 4) is 0 Å². The zero-order valence-electron chi connectivity index (χ0n) is 12.8. The van der Waals surface area contributed by atoms with Crippen LogP contribution in [0.2, 0.25) is 0 Å². The molecule has 1 atom stereocenters. The van der Waals surface area contributed by atoms with Gasteiger partial charge < -0.3 is 5.32 Å². The van der Waals surface area contributed by atoms with E-state index < -0.39 is 0 Å². The Labute approximate surface area is 125 Å². The first kappa shape index (κ1) is 15.2. The van der Waals surface area contributed by atoms with Gasteiger partial charge >= 0.3 is 0 Å². The SMILES string of the molecule is CCCNC(c1cc(C)c(C)s1)c1cnnn1CCC. The molecule has 2 rings (SSSR count). The fraction of sp³-hybridized carbons (Fsp3) is 0.600. The van der Waals surface area contributed by atoms with Crippen molar-refractivity contribution >= 4 is 11.3 Å². The van der Waals surface area contributed by atoms with Crippen molar-refractivity contribution in [3.63, 3.8) is 0 Å². The predicted molar refractivity (Wildman–Crippen MR) is 84.2 cm³/mol. The highest BCUT2D eigenvalue weighted by Gasteiger charge is 2.20. The van der Waals surface area contributed by atoms with Crippen LogP contribution in [0, 0.1) is 13.8 Å². The van der Waals surface area contributed by atoms with Crippen molar-refractivity contribution < 1.29 is 0 Å². The Morgan fingerprint density at radius 3 is 2.70 bits per heavy atom. The van der Waals surface area contributed by atoms with Crippen LogP contribution in [0.4, 0.5) is 0 Å². The molecule has 2 aromatic heterocycles. The lowest BCUT2D eigenvalue weighted by Crippen LogP contribution is -2.25. The standard InChI is InChI=1S/C15H24N4S/c1-5-7-16-15(14-9-11(3)12(4)20-14)13-10-17-18-19(13)8-6-2/h9-10,15-16H,5-8H2,1-4H3. The second kappa shape index (κ2) is 6.99. The minimum atomic E-state index is 0.203. The van der Waals surface area contributed by atoms with Crippen LogP contribution in [0.1, 0.15) is 53.7 Å². The van der Waals surface area contributed by atoms with Crippen molar-refractivity contribution in [2.75, 3.05) is 6.54 Å². The van der Waals surface area contributed by atoms with Gasteiger partial charge in [0, 0.05) is 16.3 Å². The number of hydrogen-bond donors (Lipinski definition) is 1. The first-order chi connectivity index (χ1) is 9.67. The molecule has 0 saturated carbocycles. The molecule has 0 bridgehead atoms. The number of rotatable bonds is 7. The van der Waals surface area contributed by atoms with E-state index in [1.807, 2.05) is 22.2 Å². The molecule has 2 heterocycles. The van der Waals surface area contributed by atoms with Crippen molar-refractivity contribution in [3.05, 3.63) is 33.3 Å². The third-order valence-electron chi connectivity index (χ3n) is 3.45. The maximum atomic E-state index is 4.22. The molecule has 0 fully saturated rings. The molecule has 0 saturated heterocycles. The first-order valence-corrected chi connectivity index (χ1v) is 8.17. The summed E-state index contributed by atoms with van der Waals surface area (Å²) in [5.41, 5.74) is 2.53. The van der Waals surface area contributed by atoms with Gasteiger partial charge in [0.1, 0.15) is 0 Å². The second-order valence-corrected chi connectivity index (χ2v) is 6.45. The molecular formula is C15H24N4S. The molecule has 110 valence electrons. The summed E-state index contributed by atoms with van der Waals surface area (Å²) >= 11 is 1.87. The van der Waals surface area contributed by atoms with Crippen LogP contribution in [0.25, 0.3) is 0 Å². The van der Waals surface area contributed by atoms with Crippen LogP contribution in [0.3, 0.4) is 0 Å². The average molecular weight is 292 g/mol. The van der Waals surface area contributed by atoms with Crippen molar-refractivity contribution in [2.45, 2.75) is 53.1 Å². The number of hydrogen-bond acceptors (Lipinski definition) is 4. The zero-order valence-corrected chi connectivity index (χ0v) is 13.6. The third kappa shape index (κ3) is 3.27. The average Bonchev–Trinajstić information content (AvgIpc) is 3.00. The summed E-state index contributed by atoms with van der Waals surface area (Å²) in [6, 6.07) is 2.49. The minimum Gasteiger partial charge on any atom is -0.304 e. The molecule has 0 aliphatic carbocycles. The van der Waals surface area contributed by atoms with Crippen molar-refractivity contribution in [1.29, 1.82) is 0 Å². The van der Waals surface area contributed by atoms with Crippen LogP contribution < -0.4 is 5.32 Å². The number of nitrogens with one attached hydrogen (secondary N) is 1. The van der Waals surface area contributed by atoms with Gasteiger partial charge in [0.15, 0.2) is 0 Å². The molecule has 0 aliphatic heterocycles. The number of aromatic nitrogens is 3. The van der Waals surface area contributed by atoms with E-state index in [1.54, 1.807) is 0 Å². The van der Waals surface area contributed by atoms with Gasteiger partial charge in [-0.1, -0.05) is 19.1 Å². The maximum Gasteiger partial charge on any atom is 0.0858 e. The molecule has 1 unspecified atom stereocenters. The summed E-state index contributed by atoms with van der Waals surface area (Å²) in [7, 11) is 0. The van der Waals surface area contributed by atoms with E-state index in [9.17, 15) is 0 Å². The Kier molecular flexibility index (Phi) is 5.31. The molecule has 0 aliphatic rings. The van der Waals surface area contributed by atoms with Crippen LogP contribution >= 0.6 is 11.3 Å². The number of nitrogens with zero attached hydrogens (tertiary/aromatic N) is 3. The van der Waals surface area contributed by atoms with Gasteiger partial charge in [-0.2, -0.15) is 0 Å². The molecule has 5 heteroatoms. The second-order valence-electron chi connectivity index (χ2n) is 5.16. The quantitative estimate of drug-likeness (QED) is 0.850. The number of thiophene rings is 1. The Hall–Kier alpha value is -1.20. The molecule has 2 aromatic rings. The Morgan fingerprint density at radius 2 is 2.10 bits per heavy atom. The van der Waals surface area contributed by atoms with E-state index in [2.05, 4.69) is 49.4 Å². The lowest BCUT2D eigenvalue weighted by molar-refractivity contribution is 0.507. The van der Waals surface area contributed by atoms with Crippen LogP contribution in [0.5, 0.6) is 0 Å².